The van der Waals surface area contributed by atoms with Crippen LogP contribution in [0.4, 0.5) is 5.69 Å². The van der Waals surface area contributed by atoms with Crippen molar-refractivity contribution in [2.75, 3.05) is 5.73 Å². The molecule has 0 amide bonds. The number of nitrogens with zero attached hydrogens (tertiary/aromatic N) is 2. The summed E-state index contributed by atoms with van der Waals surface area (Å²) in [7, 11) is 0. The molecule has 5 nitrogen and oxygen atoms in total. The van der Waals surface area contributed by atoms with Crippen molar-refractivity contribution in [3.63, 3.8) is 0 Å². The molecule has 15 heavy (non-hydrogen) atoms. The number of anilines is 1. The van der Waals surface area contributed by atoms with Crippen molar-refractivity contribution in [1.29, 1.82) is 0 Å². The minimum absolute atomic E-state index is 0.129. The first-order chi connectivity index (χ1) is 7.20. The van der Waals surface area contributed by atoms with E-state index >= 15 is 0 Å². The molecule has 0 atom stereocenters. The number of carbonyl (C=O) groups excluding carboxylic acids is 1. The van der Waals surface area contributed by atoms with Crippen LogP contribution in [0.2, 0.25) is 0 Å². The molecule has 0 unspecified atom stereocenters. The molecule has 2 heterocycles. The number of pyridine rings is 1. The van der Waals surface area contributed by atoms with Gasteiger partial charge in [0.05, 0.1) is 5.69 Å². The van der Waals surface area contributed by atoms with Gasteiger partial charge < -0.3 is 5.73 Å². The highest BCUT2D eigenvalue weighted by Gasteiger charge is 2.14. The summed E-state index contributed by atoms with van der Waals surface area (Å²) in [5.41, 5.74) is 7.86. The standard InChI is InChI=1S/C10H10N4O/c1-6(15)9-8(11)10(14-13-9)7-3-2-4-12-5-7/h2-5H,11H2,1H3,(H,13,14). The highest BCUT2D eigenvalue weighted by atomic mass is 16.1. The van der Waals surface area contributed by atoms with E-state index in [9.17, 15) is 4.79 Å². The molecule has 0 saturated carbocycles. The predicted molar refractivity (Wildman–Crippen MR) is 56.2 cm³/mol. The number of nitrogen functional groups attached to an aromatic ring is 1. The Morgan fingerprint density at radius 3 is 2.87 bits per heavy atom. The minimum atomic E-state index is -0.129. The Kier molecular flexibility index (Phi) is 2.21. The monoisotopic (exact) mass is 202 g/mol. The van der Waals surface area contributed by atoms with Crippen LogP contribution in [0.1, 0.15) is 17.4 Å². The van der Waals surface area contributed by atoms with Crippen molar-refractivity contribution < 1.29 is 4.79 Å². The smallest absolute Gasteiger partial charge is 0.179 e. The molecule has 76 valence electrons. The molecule has 0 aliphatic heterocycles. The van der Waals surface area contributed by atoms with Crippen LogP contribution in [0.25, 0.3) is 11.3 Å². The third-order valence-electron chi connectivity index (χ3n) is 2.09. The van der Waals surface area contributed by atoms with Gasteiger partial charge in [-0.1, -0.05) is 0 Å². The van der Waals surface area contributed by atoms with Crippen molar-refractivity contribution in [3.05, 3.63) is 30.2 Å². The summed E-state index contributed by atoms with van der Waals surface area (Å²) in [6, 6.07) is 3.63. The number of carbonyl (C=O) groups is 1. The Hall–Kier alpha value is -2.17. The van der Waals surface area contributed by atoms with Crippen LogP contribution in [0.5, 0.6) is 0 Å². The van der Waals surface area contributed by atoms with E-state index in [0.29, 0.717) is 17.1 Å². The summed E-state index contributed by atoms with van der Waals surface area (Å²) in [4.78, 5) is 15.1. The second kappa shape index (κ2) is 3.53. The van der Waals surface area contributed by atoms with Gasteiger partial charge in [-0.25, -0.2) is 0 Å². The molecule has 0 saturated heterocycles. The largest absolute Gasteiger partial charge is 0.395 e. The number of aromatic amines is 1. The average Bonchev–Trinajstić information content (AvgIpc) is 2.61. The van der Waals surface area contributed by atoms with E-state index in [1.54, 1.807) is 18.5 Å². The van der Waals surface area contributed by atoms with Crippen LogP contribution in [-0.2, 0) is 0 Å². The average molecular weight is 202 g/mol. The van der Waals surface area contributed by atoms with Crippen LogP contribution in [0, 0.1) is 0 Å². The van der Waals surface area contributed by atoms with Crippen LogP contribution in [-0.4, -0.2) is 21.0 Å². The molecule has 3 N–H and O–H groups in total. The molecule has 0 aliphatic rings. The normalized spacial score (nSPS) is 10.2. The van der Waals surface area contributed by atoms with E-state index in [4.69, 9.17) is 5.73 Å². The molecule has 0 aliphatic carbocycles. The highest BCUT2D eigenvalue weighted by molar-refractivity contribution is 6.00. The van der Waals surface area contributed by atoms with Crippen LogP contribution in [0.15, 0.2) is 24.5 Å². The molecule has 0 aromatic carbocycles. The molecule has 5 heteroatoms. The number of H-pyrrole nitrogens is 1. The maximum atomic E-state index is 11.1. The molecule has 0 bridgehead atoms. The van der Waals surface area contributed by atoms with Gasteiger partial charge in [-0.15, -0.1) is 0 Å². The van der Waals surface area contributed by atoms with Gasteiger partial charge in [0, 0.05) is 24.9 Å². The third kappa shape index (κ3) is 1.59. The summed E-state index contributed by atoms with van der Waals surface area (Å²) in [6.07, 6.45) is 3.31. The Balaban J connectivity index is 2.52. The topological polar surface area (TPSA) is 84.7 Å². The van der Waals surface area contributed by atoms with Crippen LogP contribution >= 0.6 is 0 Å². The van der Waals surface area contributed by atoms with Gasteiger partial charge in [-0.3, -0.25) is 14.9 Å². The fourth-order valence-corrected chi connectivity index (χ4v) is 1.34. The second-order valence-electron chi connectivity index (χ2n) is 3.16. The molecular weight excluding hydrogens is 192 g/mol. The lowest BCUT2D eigenvalue weighted by Gasteiger charge is -1.97. The number of hydrogen-bond donors (Lipinski definition) is 2. The van der Waals surface area contributed by atoms with Crippen molar-refractivity contribution in [2.24, 2.45) is 0 Å². The van der Waals surface area contributed by atoms with E-state index < -0.39 is 0 Å². The fourth-order valence-electron chi connectivity index (χ4n) is 1.34. The third-order valence-corrected chi connectivity index (χ3v) is 2.09. The second-order valence-corrected chi connectivity index (χ2v) is 3.16. The van der Waals surface area contributed by atoms with Gasteiger partial charge in [-0.05, 0) is 12.1 Å². The Bertz CT molecular complexity index is 489. The minimum Gasteiger partial charge on any atom is -0.395 e. The maximum absolute atomic E-state index is 11.1. The lowest BCUT2D eigenvalue weighted by molar-refractivity contribution is 0.101. The highest BCUT2D eigenvalue weighted by Crippen LogP contribution is 2.25. The van der Waals surface area contributed by atoms with Gasteiger partial charge in [0.25, 0.3) is 0 Å². The Morgan fingerprint density at radius 1 is 1.53 bits per heavy atom. The summed E-state index contributed by atoms with van der Waals surface area (Å²) < 4.78 is 0. The first-order valence-corrected chi connectivity index (χ1v) is 4.45. The zero-order chi connectivity index (χ0) is 10.8. The summed E-state index contributed by atoms with van der Waals surface area (Å²) in [6.45, 7) is 1.44. The van der Waals surface area contributed by atoms with Crippen LogP contribution in [0.3, 0.4) is 0 Å². The number of aromatic nitrogens is 3. The molecule has 0 spiro atoms. The number of rotatable bonds is 2. The van der Waals surface area contributed by atoms with Gasteiger partial charge in [-0.2, -0.15) is 5.10 Å². The van der Waals surface area contributed by atoms with Crippen molar-refractivity contribution >= 4 is 11.5 Å². The fraction of sp³-hybridized carbons (Fsp3) is 0.100. The first-order valence-electron chi connectivity index (χ1n) is 4.45. The lowest BCUT2D eigenvalue weighted by atomic mass is 10.1. The quantitative estimate of drug-likeness (QED) is 0.718. The van der Waals surface area contributed by atoms with Crippen molar-refractivity contribution in [2.45, 2.75) is 6.92 Å². The van der Waals surface area contributed by atoms with Gasteiger partial charge in [0.1, 0.15) is 11.4 Å². The molecule has 0 fully saturated rings. The summed E-state index contributed by atoms with van der Waals surface area (Å²) in [5, 5.41) is 6.62. The number of hydrogen-bond acceptors (Lipinski definition) is 4. The first kappa shape index (κ1) is 9.39. The number of Topliss-reactive ketones (excluding diaryl/α,β-unsaturated/α-hetero) is 1. The van der Waals surface area contributed by atoms with E-state index in [0.717, 1.165) is 5.56 Å². The molecular formula is C10H10N4O. The zero-order valence-electron chi connectivity index (χ0n) is 8.19. The lowest BCUT2D eigenvalue weighted by Crippen LogP contribution is -1.98. The van der Waals surface area contributed by atoms with Crippen molar-refractivity contribution in [3.8, 4) is 11.3 Å². The van der Waals surface area contributed by atoms with Gasteiger partial charge >= 0.3 is 0 Å². The van der Waals surface area contributed by atoms with E-state index in [2.05, 4.69) is 15.2 Å². The van der Waals surface area contributed by atoms with E-state index in [1.165, 1.54) is 6.92 Å². The zero-order valence-corrected chi connectivity index (χ0v) is 8.19. The van der Waals surface area contributed by atoms with Gasteiger partial charge in [0.15, 0.2) is 5.78 Å². The molecule has 0 radical (unpaired) electrons. The molecule has 2 rings (SSSR count). The van der Waals surface area contributed by atoms with E-state index in [1.807, 2.05) is 6.07 Å². The summed E-state index contributed by atoms with van der Waals surface area (Å²) >= 11 is 0. The predicted octanol–water partition coefficient (Wildman–Crippen LogP) is 1.26. The maximum Gasteiger partial charge on any atom is 0.179 e. The SMILES string of the molecule is CC(=O)c1[nH]nc(-c2cccnc2)c1N. The Morgan fingerprint density at radius 2 is 2.33 bits per heavy atom. The van der Waals surface area contributed by atoms with Crippen LogP contribution < -0.4 is 5.73 Å². The number of nitrogens with one attached hydrogen (secondary N) is 1. The Labute approximate surface area is 86.3 Å². The van der Waals surface area contributed by atoms with Gasteiger partial charge in [0.2, 0.25) is 0 Å². The van der Waals surface area contributed by atoms with Crippen molar-refractivity contribution in [1.82, 2.24) is 15.2 Å². The molecule has 2 aromatic rings. The number of ketones is 1. The summed E-state index contributed by atoms with van der Waals surface area (Å²) in [5.74, 6) is -0.129. The van der Waals surface area contributed by atoms with E-state index in [-0.39, 0.29) is 5.78 Å². The number of nitrogens with two attached hydrogens (primary N) is 1. The molecule has 2 aromatic heterocycles.